The van der Waals surface area contributed by atoms with Gasteiger partial charge in [0.15, 0.2) is 0 Å². The molecule has 0 bridgehead atoms. The molecule has 0 fully saturated rings. The minimum absolute atomic E-state index is 0.250. The first kappa shape index (κ1) is 28.9. The molecule has 0 atom stereocenters. The van der Waals surface area contributed by atoms with E-state index in [1.54, 1.807) is 0 Å². The number of hydrogen-bond acceptors (Lipinski definition) is 4. The third-order valence-electron chi connectivity index (χ3n) is 2.85. The van der Waals surface area contributed by atoms with Crippen molar-refractivity contribution in [1.29, 1.82) is 0 Å². The molecule has 2 rings (SSSR count). The summed E-state index contributed by atoms with van der Waals surface area (Å²) >= 11 is 18.5. The lowest BCUT2D eigenvalue weighted by Gasteiger charge is -2.19. The largest absolute Gasteiger partial charge is 0.373 e. The molecule has 0 saturated heterocycles. The lowest BCUT2D eigenvalue weighted by atomic mass is 9.88. The van der Waals surface area contributed by atoms with Crippen molar-refractivity contribution in [3.8, 4) is 0 Å². The summed E-state index contributed by atoms with van der Waals surface area (Å²) in [5.74, 6) is 0. The van der Waals surface area contributed by atoms with Crippen molar-refractivity contribution in [3.05, 3.63) is 66.5 Å². The molecule has 0 aliphatic heterocycles. The van der Waals surface area contributed by atoms with Gasteiger partial charge in [-0.3, -0.25) is 0 Å². The highest BCUT2D eigenvalue weighted by Crippen LogP contribution is 2.28. The molecule has 0 aliphatic rings. The van der Waals surface area contributed by atoms with Crippen LogP contribution < -0.4 is 0 Å². The number of benzene rings is 2. The zero-order chi connectivity index (χ0) is 22.3. The van der Waals surface area contributed by atoms with Crippen LogP contribution in [0.25, 0.3) is 0 Å². The van der Waals surface area contributed by atoms with Crippen molar-refractivity contribution >= 4 is 67.4 Å². The van der Waals surface area contributed by atoms with E-state index >= 15 is 0 Å². The standard InChI is InChI=1S/C11H14BrCl.C7H6BrCl.2CO2/c1-11(2,3)7-8-6-9(13)4-5-10(8)12;1-5-4-6(9)2-3-7(5)8;2*2-1-3/h4-6H,7H2,1-3H3;2-4H,1H3;;. The van der Waals surface area contributed by atoms with E-state index in [1.165, 1.54) is 11.1 Å². The molecule has 0 amide bonds. The molecule has 0 unspecified atom stereocenters. The van der Waals surface area contributed by atoms with Gasteiger partial charge in [-0.1, -0.05) is 75.8 Å². The summed E-state index contributed by atoms with van der Waals surface area (Å²) in [6, 6.07) is 11.7. The molecule has 2 aromatic carbocycles. The Labute approximate surface area is 191 Å². The molecule has 0 saturated carbocycles. The lowest BCUT2D eigenvalue weighted by molar-refractivity contribution is -0.193. The summed E-state index contributed by atoms with van der Waals surface area (Å²) in [5.41, 5.74) is 2.75. The minimum Gasteiger partial charge on any atom is -0.186 e. The van der Waals surface area contributed by atoms with Crippen molar-refractivity contribution in [1.82, 2.24) is 0 Å². The normalized spacial score (nSPS) is 9.14. The molecule has 0 heterocycles. The van der Waals surface area contributed by atoms with E-state index in [9.17, 15) is 0 Å². The second-order valence-corrected chi connectivity index (χ2v) is 9.11. The fraction of sp³-hybridized carbons (Fsp3) is 0.300. The van der Waals surface area contributed by atoms with Crippen LogP contribution in [-0.2, 0) is 25.6 Å². The van der Waals surface area contributed by atoms with Crippen LogP contribution in [0.15, 0.2) is 45.3 Å². The first-order valence-electron chi connectivity index (χ1n) is 7.76. The quantitative estimate of drug-likeness (QED) is 0.383. The van der Waals surface area contributed by atoms with Crippen LogP contribution in [0.2, 0.25) is 10.0 Å². The summed E-state index contributed by atoms with van der Waals surface area (Å²) in [7, 11) is 0. The Morgan fingerprint density at radius 3 is 1.57 bits per heavy atom. The minimum atomic E-state index is 0.250. The van der Waals surface area contributed by atoms with Gasteiger partial charge >= 0.3 is 12.3 Å². The van der Waals surface area contributed by atoms with Crippen molar-refractivity contribution in [2.24, 2.45) is 5.41 Å². The van der Waals surface area contributed by atoms with Gasteiger partial charge in [0.25, 0.3) is 0 Å². The molecule has 0 aliphatic carbocycles. The van der Waals surface area contributed by atoms with Crippen LogP contribution in [0.3, 0.4) is 0 Å². The highest BCUT2D eigenvalue weighted by atomic mass is 79.9. The Morgan fingerprint density at radius 2 is 1.21 bits per heavy atom. The number of halogens is 4. The topological polar surface area (TPSA) is 68.3 Å². The summed E-state index contributed by atoms with van der Waals surface area (Å²) in [4.78, 5) is 32.5. The number of aryl methyl sites for hydroxylation is 1. The van der Waals surface area contributed by atoms with Gasteiger partial charge in [0.1, 0.15) is 0 Å². The second kappa shape index (κ2) is 15.6. The molecule has 28 heavy (non-hydrogen) atoms. The molecular weight excluding hydrogens is 535 g/mol. The molecule has 4 nitrogen and oxygen atoms in total. The predicted octanol–water partition coefficient (Wildman–Crippen LogP) is 6.94. The third-order valence-corrected chi connectivity index (χ3v) is 4.98. The second-order valence-electron chi connectivity index (χ2n) is 6.53. The van der Waals surface area contributed by atoms with Crippen molar-refractivity contribution < 1.29 is 19.2 Å². The molecule has 0 spiro atoms. The van der Waals surface area contributed by atoms with Gasteiger partial charge in [-0.25, -0.2) is 0 Å². The molecule has 0 N–H and O–H groups in total. The SMILES string of the molecule is CC(C)(C)Cc1cc(Cl)ccc1Br.Cc1cc(Cl)ccc1Br.O=C=O.O=C=O. The van der Waals surface area contributed by atoms with Gasteiger partial charge in [0, 0.05) is 19.0 Å². The zero-order valence-electron chi connectivity index (χ0n) is 15.8. The van der Waals surface area contributed by atoms with E-state index in [2.05, 4.69) is 52.6 Å². The number of hydrogen-bond donors (Lipinski definition) is 0. The Balaban J connectivity index is 0. The summed E-state index contributed by atoms with van der Waals surface area (Å²) in [6.07, 6.45) is 1.54. The van der Waals surface area contributed by atoms with Gasteiger partial charge in [0.2, 0.25) is 0 Å². The maximum absolute atomic E-state index is 8.12. The van der Waals surface area contributed by atoms with E-state index in [0.29, 0.717) is 5.41 Å². The van der Waals surface area contributed by atoms with Gasteiger partial charge in [-0.05, 0) is 66.3 Å². The van der Waals surface area contributed by atoms with Crippen LogP contribution in [0.4, 0.5) is 0 Å². The van der Waals surface area contributed by atoms with E-state index in [4.69, 9.17) is 42.4 Å². The van der Waals surface area contributed by atoms with Gasteiger partial charge < -0.3 is 0 Å². The van der Waals surface area contributed by atoms with Crippen LogP contribution in [-0.4, -0.2) is 12.3 Å². The van der Waals surface area contributed by atoms with E-state index in [1.807, 2.05) is 43.3 Å². The number of carbonyl (C=O) groups excluding carboxylic acids is 4. The first-order valence-corrected chi connectivity index (χ1v) is 10.1. The van der Waals surface area contributed by atoms with E-state index in [-0.39, 0.29) is 12.3 Å². The predicted molar refractivity (Wildman–Crippen MR) is 116 cm³/mol. The van der Waals surface area contributed by atoms with Crippen molar-refractivity contribution in [2.45, 2.75) is 34.1 Å². The van der Waals surface area contributed by atoms with Gasteiger partial charge in [-0.15, -0.1) is 0 Å². The van der Waals surface area contributed by atoms with Gasteiger partial charge in [-0.2, -0.15) is 19.2 Å². The Kier molecular flexibility index (Phi) is 16.2. The maximum atomic E-state index is 8.12. The van der Waals surface area contributed by atoms with Crippen molar-refractivity contribution in [3.63, 3.8) is 0 Å². The Bertz CT molecular complexity index is 794. The van der Waals surface area contributed by atoms with Gasteiger partial charge in [0.05, 0.1) is 0 Å². The first-order chi connectivity index (χ1) is 12.9. The van der Waals surface area contributed by atoms with E-state index < -0.39 is 0 Å². The average Bonchev–Trinajstić information content (AvgIpc) is 2.56. The average molecular weight is 555 g/mol. The fourth-order valence-electron chi connectivity index (χ4n) is 1.86. The summed E-state index contributed by atoms with van der Waals surface area (Å²) in [6.45, 7) is 8.68. The Morgan fingerprint density at radius 1 is 0.821 bits per heavy atom. The molecule has 8 heteroatoms. The molecule has 2 aromatic rings. The summed E-state index contributed by atoms with van der Waals surface area (Å²) < 4.78 is 2.25. The monoisotopic (exact) mass is 552 g/mol. The fourth-order valence-corrected chi connectivity index (χ4v) is 2.91. The van der Waals surface area contributed by atoms with E-state index in [0.717, 1.165) is 25.4 Å². The maximum Gasteiger partial charge on any atom is 0.373 e. The lowest BCUT2D eigenvalue weighted by Crippen LogP contribution is -2.09. The van der Waals surface area contributed by atoms with Crippen LogP contribution in [0.5, 0.6) is 0 Å². The zero-order valence-corrected chi connectivity index (χ0v) is 20.5. The summed E-state index contributed by atoms with van der Waals surface area (Å²) in [5, 5.41) is 1.60. The highest BCUT2D eigenvalue weighted by molar-refractivity contribution is 9.10. The third kappa shape index (κ3) is 15.8. The molecule has 152 valence electrons. The number of rotatable bonds is 1. The molecule has 0 radical (unpaired) electrons. The highest BCUT2D eigenvalue weighted by Gasteiger charge is 2.13. The van der Waals surface area contributed by atoms with Crippen LogP contribution >= 0.6 is 55.1 Å². The van der Waals surface area contributed by atoms with Crippen LogP contribution in [0.1, 0.15) is 31.9 Å². The molecule has 0 aromatic heterocycles. The Hall–Kier alpha value is -1.26. The van der Waals surface area contributed by atoms with Crippen molar-refractivity contribution in [2.75, 3.05) is 0 Å². The molecular formula is C20H20Br2Cl2O4. The smallest absolute Gasteiger partial charge is 0.186 e. The van der Waals surface area contributed by atoms with Crippen LogP contribution in [0, 0.1) is 12.3 Å².